The fraction of sp³-hybridized carbons (Fsp3) is 0.385. The Balaban J connectivity index is 2.87. The van der Waals surface area contributed by atoms with Crippen LogP contribution in [0.1, 0.15) is 12.5 Å². The van der Waals surface area contributed by atoms with Crippen molar-refractivity contribution in [2.24, 2.45) is 11.7 Å². The minimum Gasteiger partial charge on any atom is -0.480 e. The van der Waals surface area contributed by atoms with Crippen LogP contribution in [0.4, 0.5) is 5.69 Å². The number of carbonyl (C=O) groups is 2. The first kappa shape index (κ1) is 14.0. The van der Waals surface area contributed by atoms with Gasteiger partial charge in [0.1, 0.15) is 6.54 Å². The van der Waals surface area contributed by atoms with Crippen molar-refractivity contribution in [3.63, 3.8) is 0 Å². The van der Waals surface area contributed by atoms with E-state index in [-0.39, 0.29) is 6.54 Å². The second kappa shape index (κ2) is 6.05. The first-order valence-electron chi connectivity index (χ1n) is 5.73. The predicted molar refractivity (Wildman–Crippen MR) is 69.4 cm³/mol. The predicted octanol–water partition coefficient (Wildman–Crippen LogP) is 1.01. The third-order valence-corrected chi connectivity index (χ3v) is 2.71. The lowest BCUT2D eigenvalue weighted by Crippen LogP contribution is -2.37. The number of aliphatic carboxylic acids is 1. The van der Waals surface area contributed by atoms with E-state index < -0.39 is 17.8 Å². The van der Waals surface area contributed by atoms with Gasteiger partial charge < -0.3 is 15.7 Å². The molecule has 0 saturated carbocycles. The molecule has 0 aliphatic rings. The zero-order valence-electron chi connectivity index (χ0n) is 10.6. The van der Waals surface area contributed by atoms with E-state index in [0.717, 1.165) is 11.3 Å². The number of amides is 1. The van der Waals surface area contributed by atoms with Crippen molar-refractivity contribution < 1.29 is 14.7 Å². The molecule has 1 atom stereocenters. The second-order valence-corrected chi connectivity index (χ2v) is 4.41. The summed E-state index contributed by atoms with van der Waals surface area (Å²) in [6.45, 7) is 3.79. The molecule has 0 aliphatic carbocycles. The van der Waals surface area contributed by atoms with Crippen LogP contribution in [-0.4, -0.2) is 30.1 Å². The molecule has 0 bridgehead atoms. The molecule has 0 heterocycles. The number of anilines is 1. The van der Waals surface area contributed by atoms with E-state index in [9.17, 15) is 9.59 Å². The Kier molecular flexibility index (Phi) is 4.71. The molecule has 1 amide bonds. The van der Waals surface area contributed by atoms with Crippen molar-refractivity contribution in [3.05, 3.63) is 29.8 Å². The van der Waals surface area contributed by atoms with Crippen molar-refractivity contribution in [1.82, 2.24) is 0 Å². The average Bonchev–Trinajstić information content (AvgIpc) is 2.28. The van der Waals surface area contributed by atoms with Crippen LogP contribution in [0.2, 0.25) is 0 Å². The summed E-state index contributed by atoms with van der Waals surface area (Å²) in [5.41, 5.74) is 7.07. The number of nitrogens with zero attached hydrogens (tertiary/aromatic N) is 1. The van der Waals surface area contributed by atoms with Crippen LogP contribution in [0.25, 0.3) is 0 Å². The fourth-order valence-corrected chi connectivity index (χ4v) is 1.60. The zero-order valence-corrected chi connectivity index (χ0v) is 10.6. The number of carboxylic acid groups (broad SMARTS) is 1. The van der Waals surface area contributed by atoms with Gasteiger partial charge in [-0.1, -0.05) is 24.6 Å². The van der Waals surface area contributed by atoms with Gasteiger partial charge in [0, 0.05) is 12.2 Å². The third-order valence-electron chi connectivity index (χ3n) is 2.71. The molecule has 5 nitrogen and oxygen atoms in total. The lowest BCUT2D eigenvalue weighted by molar-refractivity contribution is -0.135. The molecule has 18 heavy (non-hydrogen) atoms. The molecule has 5 heteroatoms. The van der Waals surface area contributed by atoms with E-state index in [2.05, 4.69) is 0 Å². The van der Waals surface area contributed by atoms with E-state index in [1.165, 1.54) is 0 Å². The lowest BCUT2D eigenvalue weighted by atomic mass is 10.1. The number of carbonyl (C=O) groups excluding carboxylic acids is 1. The summed E-state index contributed by atoms with van der Waals surface area (Å²) in [5, 5.41) is 8.89. The summed E-state index contributed by atoms with van der Waals surface area (Å²) in [6.07, 6.45) is 0. The molecule has 0 radical (unpaired) electrons. The molecule has 1 rings (SSSR count). The van der Waals surface area contributed by atoms with Gasteiger partial charge in [0.15, 0.2) is 0 Å². The standard InChI is InChI=1S/C13H18N2O3/c1-9-3-5-11(6-4-9)15(8-12(16)17)7-10(2)13(14)18/h3-6,10H,7-8H2,1-2H3,(H2,14,18)(H,16,17). The molecular formula is C13H18N2O3. The molecule has 1 aromatic carbocycles. The Morgan fingerprint density at radius 2 is 1.89 bits per heavy atom. The van der Waals surface area contributed by atoms with Crippen LogP contribution in [0.5, 0.6) is 0 Å². The largest absolute Gasteiger partial charge is 0.480 e. The van der Waals surface area contributed by atoms with Crippen LogP contribution in [0.15, 0.2) is 24.3 Å². The summed E-state index contributed by atoms with van der Waals surface area (Å²) >= 11 is 0. The molecule has 1 aromatic rings. The number of nitrogens with two attached hydrogens (primary N) is 1. The van der Waals surface area contributed by atoms with Gasteiger partial charge in [-0.15, -0.1) is 0 Å². The minimum atomic E-state index is -0.938. The molecule has 0 fully saturated rings. The minimum absolute atomic E-state index is 0.152. The molecule has 1 unspecified atom stereocenters. The van der Waals surface area contributed by atoms with Crippen molar-refractivity contribution >= 4 is 17.6 Å². The van der Waals surface area contributed by atoms with Gasteiger partial charge in [-0.05, 0) is 19.1 Å². The van der Waals surface area contributed by atoms with Crippen molar-refractivity contribution in [1.29, 1.82) is 0 Å². The highest BCUT2D eigenvalue weighted by atomic mass is 16.4. The van der Waals surface area contributed by atoms with Gasteiger partial charge >= 0.3 is 5.97 Å². The molecule has 0 aromatic heterocycles. The number of hydrogen-bond acceptors (Lipinski definition) is 3. The summed E-state index contributed by atoms with van der Waals surface area (Å²) in [7, 11) is 0. The first-order valence-corrected chi connectivity index (χ1v) is 5.73. The maximum absolute atomic E-state index is 11.1. The molecule has 3 N–H and O–H groups in total. The molecule has 0 aliphatic heterocycles. The first-order chi connectivity index (χ1) is 8.40. The van der Waals surface area contributed by atoms with Gasteiger partial charge in [-0.25, -0.2) is 0 Å². The van der Waals surface area contributed by atoms with E-state index >= 15 is 0 Å². The number of rotatable bonds is 6. The number of primary amides is 1. The molecular weight excluding hydrogens is 232 g/mol. The highest BCUT2D eigenvalue weighted by Gasteiger charge is 2.17. The van der Waals surface area contributed by atoms with Crippen LogP contribution in [0, 0.1) is 12.8 Å². The van der Waals surface area contributed by atoms with Crippen LogP contribution in [-0.2, 0) is 9.59 Å². The van der Waals surface area contributed by atoms with E-state index in [1.54, 1.807) is 11.8 Å². The Hall–Kier alpha value is -2.04. The van der Waals surface area contributed by atoms with Gasteiger partial charge in [0.25, 0.3) is 0 Å². The molecule has 0 saturated heterocycles. The third kappa shape index (κ3) is 4.08. The van der Waals surface area contributed by atoms with Gasteiger partial charge in [0.2, 0.25) is 5.91 Å². The number of carboxylic acids is 1. The van der Waals surface area contributed by atoms with Gasteiger partial charge in [0.05, 0.1) is 5.92 Å². The Morgan fingerprint density at radius 3 is 2.33 bits per heavy atom. The monoisotopic (exact) mass is 250 g/mol. The summed E-state index contributed by atoms with van der Waals surface area (Å²) in [5.74, 6) is -1.77. The second-order valence-electron chi connectivity index (χ2n) is 4.41. The molecule has 0 spiro atoms. The van der Waals surface area contributed by atoms with E-state index in [4.69, 9.17) is 10.8 Å². The van der Waals surface area contributed by atoms with Crippen molar-refractivity contribution in [2.45, 2.75) is 13.8 Å². The quantitative estimate of drug-likeness (QED) is 0.789. The van der Waals surface area contributed by atoms with Crippen molar-refractivity contribution in [2.75, 3.05) is 18.0 Å². The SMILES string of the molecule is Cc1ccc(N(CC(=O)O)CC(C)C(N)=O)cc1. The number of benzene rings is 1. The summed E-state index contributed by atoms with van der Waals surface area (Å²) in [4.78, 5) is 23.5. The highest BCUT2D eigenvalue weighted by Crippen LogP contribution is 2.16. The van der Waals surface area contributed by atoms with Gasteiger partial charge in [-0.2, -0.15) is 0 Å². The number of hydrogen-bond donors (Lipinski definition) is 2. The fourth-order valence-electron chi connectivity index (χ4n) is 1.60. The van der Waals surface area contributed by atoms with Crippen LogP contribution in [0.3, 0.4) is 0 Å². The highest BCUT2D eigenvalue weighted by molar-refractivity contribution is 5.78. The van der Waals surface area contributed by atoms with Gasteiger partial charge in [-0.3, -0.25) is 9.59 Å². The maximum atomic E-state index is 11.1. The average molecular weight is 250 g/mol. The van der Waals surface area contributed by atoms with Crippen molar-refractivity contribution in [3.8, 4) is 0 Å². The summed E-state index contributed by atoms with van der Waals surface area (Å²) < 4.78 is 0. The maximum Gasteiger partial charge on any atom is 0.323 e. The zero-order chi connectivity index (χ0) is 13.7. The Morgan fingerprint density at radius 1 is 1.33 bits per heavy atom. The topological polar surface area (TPSA) is 83.6 Å². The Labute approximate surface area is 106 Å². The number of aryl methyl sites for hydroxylation is 1. The lowest BCUT2D eigenvalue weighted by Gasteiger charge is -2.25. The van der Waals surface area contributed by atoms with E-state index in [1.807, 2.05) is 31.2 Å². The Bertz CT molecular complexity index is 428. The van der Waals surface area contributed by atoms with E-state index in [0.29, 0.717) is 6.54 Å². The summed E-state index contributed by atoms with van der Waals surface area (Å²) in [6, 6.07) is 7.48. The smallest absolute Gasteiger partial charge is 0.323 e. The van der Waals surface area contributed by atoms with Crippen LogP contribution < -0.4 is 10.6 Å². The normalized spacial score (nSPS) is 11.9. The molecule has 98 valence electrons. The van der Waals surface area contributed by atoms with Crippen LogP contribution >= 0.6 is 0 Å².